The summed E-state index contributed by atoms with van der Waals surface area (Å²) in [6, 6.07) is 15.1. The van der Waals surface area contributed by atoms with Gasteiger partial charge in [-0.05, 0) is 46.7 Å². The Morgan fingerprint density at radius 3 is 2.49 bits per heavy atom. The number of rotatable bonds is 2. The molecule has 6 nitrogen and oxygen atoms in total. The second-order valence-corrected chi connectivity index (χ2v) is 11.4. The molecule has 0 spiro atoms. The van der Waals surface area contributed by atoms with Gasteiger partial charge in [-0.2, -0.15) is 0 Å². The fraction of sp³-hybridized carbons (Fsp3) is 0.286. The van der Waals surface area contributed by atoms with Gasteiger partial charge in [0.25, 0.3) is 5.91 Å². The van der Waals surface area contributed by atoms with E-state index in [-0.39, 0.29) is 17.7 Å². The maximum absolute atomic E-state index is 13.5. The van der Waals surface area contributed by atoms with Crippen LogP contribution in [0.3, 0.4) is 0 Å². The van der Waals surface area contributed by atoms with Gasteiger partial charge in [-0.1, -0.05) is 54.6 Å². The van der Waals surface area contributed by atoms with Crippen molar-refractivity contribution < 1.29 is 13.2 Å². The van der Waals surface area contributed by atoms with Gasteiger partial charge >= 0.3 is 0 Å². The van der Waals surface area contributed by atoms with E-state index in [2.05, 4.69) is 22.0 Å². The number of carbonyl (C=O) groups is 1. The molecule has 6 rings (SSSR count). The second kappa shape index (κ2) is 8.73. The van der Waals surface area contributed by atoms with Crippen LogP contribution in [0.15, 0.2) is 71.9 Å². The van der Waals surface area contributed by atoms with Crippen molar-refractivity contribution in [1.29, 1.82) is 0 Å². The van der Waals surface area contributed by atoms with Gasteiger partial charge < -0.3 is 4.90 Å². The van der Waals surface area contributed by atoms with Crippen LogP contribution in [0.1, 0.15) is 50.6 Å². The topological polar surface area (TPSA) is 70.6 Å². The number of fused-ring (bicyclic) bond motifs is 3. The highest BCUT2D eigenvalue weighted by molar-refractivity contribution is 7.90. The number of pyridine rings is 1. The second-order valence-electron chi connectivity index (χ2n) is 9.42. The molecule has 2 aromatic carbocycles. The Morgan fingerprint density at radius 1 is 0.914 bits per heavy atom. The highest BCUT2D eigenvalue weighted by Gasteiger charge is 2.36. The molecule has 0 bridgehead atoms. The molecule has 1 amide bonds. The van der Waals surface area contributed by atoms with Crippen molar-refractivity contribution in [3.63, 3.8) is 0 Å². The standard InChI is InChI=1S/C28H27N3O3S/c32-28(25-18-29-17-20-7-1-3-9-22(20)25)31-15-13-30(14-16-31)27-23-10-4-2-8-21(23)19-35(33,34)26-12-6-5-11-24(26)27/h1-2,4-8,10-12,17-18,27H,3,9,13-16,19H2. The van der Waals surface area contributed by atoms with E-state index >= 15 is 0 Å². The molecule has 1 aromatic heterocycles. The van der Waals surface area contributed by atoms with Crippen LogP contribution in [-0.2, 0) is 22.0 Å². The minimum absolute atomic E-state index is 0.00962. The van der Waals surface area contributed by atoms with Crippen molar-refractivity contribution in [2.24, 2.45) is 0 Å². The fourth-order valence-corrected chi connectivity index (χ4v) is 7.32. The molecule has 3 heterocycles. The lowest BCUT2D eigenvalue weighted by Crippen LogP contribution is -2.50. The minimum atomic E-state index is -3.44. The van der Waals surface area contributed by atoms with E-state index in [0.29, 0.717) is 36.6 Å². The number of hydrogen-bond acceptors (Lipinski definition) is 5. The van der Waals surface area contributed by atoms with Crippen LogP contribution >= 0.6 is 0 Å². The molecular formula is C28H27N3O3S. The summed E-state index contributed by atoms with van der Waals surface area (Å²) in [4.78, 5) is 22.4. The zero-order valence-electron chi connectivity index (χ0n) is 19.4. The van der Waals surface area contributed by atoms with Crippen LogP contribution in [0.5, 0.6) is 0 Å². The average molecular weight is 486 g/mol. The molecule has 0 radical (unpaired) electrons. The Bertz CT molecular complexity index is 1440. The first-order valence-corrected chi connectivity index (χ1v) is 13.7. The molecule has 1 atom stereocenters. The van der Waals surface area contributed by atoms with Gasteiger partial charge in [-0.15, -0.1) is 0 Å². The van der Waals surface area contributed by atoms with Gasteiger partial charge in [0.1, 0.15) is 0 Å². The fourth-order valence-electron chi connectivity index (χ4n) is 5.67. The Morgan fingerprint density at radius 2 is 1.66 bits per heavy atom. The number of benzene rings is 2. The van der Waals surface area contributed by atoms with Gasteiger partial charge in [0.05, 0.1) is 22.3 Å². The SMILES string of the molecule is O=C(c1cncc2c1CCC=C2)N1CCN(C2c3ccccc3CS(=O)(=O)c3ccccc32)CC1. The van der Waals surface area contributed by atoms with Crippen molar-refractivity contribution in [2.75, 3.05) is 26.2 Å². The molecule has 1 aliphatic carbocycles. The monoisotopic (exact) mass is 485 g/mol. The van der Waals surface area contributed by atoms with E-state index in [1.807, 2.05) is 47.5 Å². The van der Waals surface area contributed by atoms with Crippen LogP contribution in [-0.4, -0.2) is 55.3 Å². The first-order valence-electron chi connectivity index (χ1n) is 12.1. The third-order valence-corrected chi connectivity index (χ3v) is 9.12. The first kappa shape index (κ1) is 22.2. The lowest BCUT2D eigenvalue weighted by Gasteiger charge is -2.40. The van der Waals surface area contributed by atoms with E-state index in [0.717, 1.165) is 40.7 Å². The van der Waals surface area contributed by atoms with Crippen molar-refractivity contribution in [3.05, 3.63) is 100 Å². The highest BCUT2D eigenvalue weighted by atomic mass is 32.2. The van der Waals surface area contributed by atoms with Crippen molar-refractivity contribution in [1.82, 2.24) is 14.8 Å². The summed E-state index contributed by atoms with van der Waals surface area (Å²) in [5, 5.41) is 0. The van der Waals surface area contributed by atoms with E-state index in [4.69, 9.17) is 0 Å². The largest absolute Gasteiger partial charge is 0.336 e. The van der Waals surface area contributed by atoms with Crippen molar-refractivity contribution >= 4 is 21.8 Å². The first-order chi connectivity index (χ1) is 17.0. The smallest absolute Gasteiger partial charge is 0.255 e. The molecule has 35 heavy (non-hydrogen) atoms. The number of aromatic nitrogens is 1. The number of nitrogens with zero attached hydrogens (tertiary/aromatic N) is 3. The molecule has 1 fully saturated rings. The third kappa shape index (κ3) is 3.89. The highest BCUT2D eigenvalue weighted by Crippen LogP contribution is 2.40. The molecule has 2 aliphatic heterocycles. The summed E-state index contributed by atoms with van der Waals surface area (Å²) in [6.07, 6.45) is 9.51. The summed E-state index contributed by atoms with van der Waals surface area (Å²) in [6.45, 7) is 2.51. The van der Waals surface area contributed by atoms with Gasteiger partial charge in [0.15, 0.2) is 9.84 Å². The lowest BCUT2D eigenvalue weighted by molar-refractivity contribution is 0.0594. The van der Waals surface area contributed by atoms with Crippen LogP contribution in [0, 0.1) is 0 Å². The summed E-state index contributed by atoms with van der Waals surface area (Å²) in [5.74, 6) is 0.0453. The van der Waals surface area contributed by atoms with Gasteiger partial charge in [-0.25, -0.2) is 8.42 Å². The average Bonchev–Trinajstić information content (AvgIpc) is 2.99. The van der Waals surface area contributed by atoms with Crippen LogP contribution in [0.25, 0.3) is 6.08 Å². The van der Waals surface area contributed by atoms with Gasteiger partial charge in [-0.3, -0.25) is 14.7 Å². The lowest BCUT2D eigenvalue weighted by atomic mass is 9.92. The molecule has 3 aliphatic rings. The molecule has 1 saturated heterocycles. The Balaban J connectivity index is 1.30. The minimum Gasteiger partial charge on any atom is -0.336 e. The molecule has 0 saturated carbocycles. The Labute approximate surface area is 205 Å². The zero-order chi connectivity index (χ0) is 24.0. The molecule has 1 unspecified atom stereocenters. The predicted molar refractivity (Wildman–Crippen MR) is 135 cm³/mol. The van der Waals surface area contributed by atoms with E-state index < -0.39 is 9.84 Å². The number of amides is 1. The Hall–Kier alpha value is -3.29. The molecule has 7 heteroatoms. The summed E-state index contributed by atoms with van der Waals surface area (Å²) in [7, 11) is -3.44. The Kier molecular flexibility index (Phi) is 5.54. The van der Waals surface area contributed by atoms with Crippen LogP contribution in [0.4, 0.5) is 0 Å². The van der Waals surface area contributed by atoms with E-state index in [1.54, 1.807) is 18.3 Å². The predicted octanol–water partition coefficient (Wildman–Crippen LogP) is 3.88. The summed E-state index contributed by atoms with van der Waals surface area (Å²) in [5.41, 5.74) is 5.54. The van der Waals surface area contributed by atoms with Crippen LogP contribution < -0.4 is 0 Å². The number of sulfone groups is 1. The number of allylic oxidation sites excluding steroid dienone is 1. The summed E-state index contributed by atoms with van der Waals surface area (Å²) < 4.78 is 26.4. The number of hydrogen-bond donors (Lipinski definition) is 0. The quantitative estimate of drug-likeness (QED) is 0.551. The van der Waals surface area contributed by atoms with Gasteiger partial charge in [0, 0.05) is 38.6 Å². The zero-order valence-corrected chi connectivity index (χ0v) is 20.2. The van der Waals surface area contributed by atoms with Crippen molar-refractivity contribution in [3.8, 4) is 0 Å². The van der Waals surface area contributed by atoms with E-state index in [9.17, 15) is 13.2 Å². The van der Waals surface area contributed by atoms with Crippen molar-refractivity contribution in [2.45, 2.75) is 29.5 Å². The maximum Gasteiger partial charge on any atom is 0.255 e. The normalized spacial score (nSPS) is 20.9. The number of carbonyl (C=O) groups excluding carboxylic acids is 1. The molecular weight excluding hydrogens is 458 g/mol. The maximum atomic E-state index is 13.5. The third-order valence-electron chi connectivity index (χ3n) is 7.39. The summed E-state index contributed by atoms with van der Waals surface area (Å²) >= 11 is 0. The molecule has 178 valence electrons. The van der Waals surface area contributed by atoms with E-state index in [1.165, 1.54) is 0 Å². The van der Waals surface area contributed by atoms with Crippen LogP contribution in [0.2, 0.25) is 0 Å². The van der Waals surface area contributed by atoms with Gasteiger partial charge in [0.2, 0.25) is 0 Å². The molecule has 0 N–H and O–H groups in total. The number of piperazine rings is 1. The molecule has 3 aromatic rings.